The SMILES string of the molecule is O=C(COc1ccc2c(=O)c(Oc3ccccc3Cl)c(C(F)(F)F)oc2c1)Nc1cc(Cl)cc(Cl)c1. The summed E-state index contributed by atoms with van der Waals surface area (Å²) in [7, 11) is 0. The quantitative estimate of drug-likeness (QED) is 0.264. The monoisotopic (exact) mass is 557 g/mol. The normalized spacial score (nSPS) is 11.4. The summed E-state index contributed by atoms with van der Waals surface area (Å²) in [6, 6.07) is 13.7. The fraction of sp³-hybridized carbons (Fsp3) is 0.0833. The van der Waals surface area contributed by atoms with E-state index < -0.39 is 41.2 Å². The van der Waals surface area contributed by atoms with Crippen LogP contribution < -0.4 is 20.2 Å². The molecule has 1 heterocycles. The van der Waals surface area contributed by atoms with Crippen molar-refractivity contribution in [2.24, 2.45) is 0 Å². The molecule has 0 unspecified atom stereocenters. The lowest BCUT2D eigenvalue weighted by atomic mass is 10.2. The Morgan fingerprint density at radius 1 is 0.972 bits per heavy atom. The van der Waals surface area contributed by atoms with Crippen LogP contribution >= 0.6 is 34.8 Å². The number of halogens is 6. The van der Waals surface area contributed by atoms with Gasteiger partial charge in [0.15, 0.2) is 6.61 Å². The van der Waals surface area contributed by atoms with Gasteiger partial charge in [0.1, 0.15) is 17.1 Å². The van der Waals surface area contributed by atoms with Crippen molar-refractivity contribution in [2.45, 2.75) is 6.18 Å². The zero-order chi connectivity index (χ0) is 26.0. The summed E-state index contributed by atoms with van der Waals surface area (Å²) in [6.45, 7) is -0.500. The Bertz CT molecular complexity index is 1500. The van der Waals surface area contributed by atoms with Crippen molar-refractivity contribution in [3.63, 3.8) is 0 Å². The maximum absolute atomic E-state index is 13.7. The molecule has 0 radical (unpaired) electrons. The molecule has 12 heteroatoms. The molecule has 1 aromatic heterocycles. The summed E-state index contributed by atoms with van der Waals surface area (Å²) in [5.41, 5.74) is -1.16. The van der Waals surface area contributed by atoms with Gasteiger partial charge in [-0.15, -0.1) is 0 Å². The van der Waals surface area contributed by atoms with Gasteiger partial charge in [0.05, 0.1) is 10.4 Å². The molecule has 0 aliphatic heterocycles. The Labute approximate surface area is 216 Å². The minimum Gasteiger partial charge on any atom is -0.484 e. The second-order valence-electron chi connectivity index (χ2n) is 7.27. The minimum atomic E-state index is -5.06. The van der Waals surface area contributed by atoms with Crippen molar-refractivity contribution in [1.82, 2.24) is 0 Å². The van der Waals surface area contributed by atoms with Crippen LogP contribution in [0.4, 0.5) is 18.9 Å². The van der Waals surface area contributed by atoms with E-state index in [4.69, 9.17) is 48.7 Å². The molecule has 1 amide bonds. The highest BCUT2D eigenvalue weighted by Gasteiger charge is 2.40. The Morgan fingerprint density at radius 2 is 1.67 bits per heavy atom. The molecule has 0 spiro atoms. The summed E-state index contributed by atoms with van der Waals surface area (Å²) >= 11 is 17.7. The smallest absolute Gasteiger partial charge is 0.453 e. The zero-order valence-electron chi connectivity index (χ0n) is 17.8. The summed E-state index contributed by atoms with van der Waals surface area (Å²) in [4.78, 5) is 25.1. The Kier molecular flexibility index (Phi) is 7.35. The molecule has 0 aliphatic carbocycles. The van der Waals surface area contributed by atoms with Crippen LogP contribution in [0.1, 0.15) is 5.76 Å². The summed E-state index contributed by atoms with van der Waals surface area (Å²) < 4.78 is 56.8. The highest BCUT2D eigenvalue weighted by Crippen LogP contribution is 2.39. The van der Waals surface area contributed by atoms with Crippen LogP contribution in [0.3, 0.4) is 0 Å². The third-order valence-electron chi connectivity index (χ3n) is 4.64. The molecular weight excluding hydrogens is 546 g/mol. The molecule has 3 aromatic carbocycles. The largest absolute Gasteiger partial charge is 0.484 e. The van der Waals surface area contributed by atoms with Crippen molar-refractivity contribution in [2.75, 3.05) is 11.9 Å². The fourth-order valence-electron chi connectivity index (χ4n) is 3.13. The molecule has 0 fully saturated rings. The van der Waals surface area contributed by atoms with E-state index >= 15 is 0 Å². The van der Waals surface area contributed by atoms with Crippen molar-refractivity contribution in [3.8, 4) is 17.2 Å². The molecule has 6 nitrogen and oxygen atoms in total. The van der Waals surface area contributed by atoms with E-state index in [-0.39, 0.29) is 21.9 Å². The van der Waals surface area contributed by atoms with Crippen molar-refractivity contribution in [3.05, 3.63) is 91.7 Å². The topological polar surface area (TPSA) is 77.8 Å². The van der Waals surface area contributed by atoms with Gasteiger partial charge in [0, 0.05) is 21.8 Å². The van der Waals surface area contributed by atoms with Crippen LogP contribution in [0.15, 0.2) is 69.9 Å². The number of nitrogens with one attached hydrogen (secondary N) is 1. The Balaban J connectivity index is 1.61. The molecule has 36 heavy (non-hydrogen) atoms. The van der Waals surface area contributed by atoms with E-state index in [1.807, 2.05) is 0 Å². The van der Waals surface area contributed by atoms with Crippen molar-refractivity contribution < 1.29 is 31.9 Å². The first kappa shape index (κ1) is 25.7. The van der Waals surface area contributed by atoms with Crippen LogP contribution in [0.5, 0.6) is 17.2 Å². The van der Waals surface area contributed by atoms with Crippen LogP contribution in [0, 0.1) is 0 Å². The van der Waals surface area contributed by atoms with E-state index in [9.17, 15) is 22.8 Å². The minimum absolute atomic E-state index is 0.00666. The third kappa shape index (κ3) is 5.87. The number of anilines is 1. The predicted molar refractivity (Wildman–Crippen MR) is 130 cm³/mol. The lowest BCUT2D eigenvalue weighted by Crippen LogP contribution is -2.20. The molecule has 1 N–H and O–H groups in total. The van der Waals surface area contributed by atoms with Crippen LogP contribution in [-0.4, -0.2) is 12.5 Å². The first-order valence-electron chi connectivity index (χ1n) is 10.0. The number of carbonyl (C=O) groups is 1. The summed E-state index contributed by atoms with van der Waals surface area (Å²) in [6.07, 6.45) is -5.06. The predicted octanol–water partition coefficient (Wildman–Crippen LogP) is 7.58. The molecule has 0 aliphatic rings. The van der Waals surface area contributed by atoms with Gasteiger partial charge in [-0.2, -0.15) is 13.2 Å². The van der Waals surface area contributed by atoms with Crippen LogP contribution in [0.25, 0.3) is 11.0 Å². The lowest BCUT2D eigenvalue weighted by Gasteiger charge is -2.14. The molecule has 186 valence electrons. The number of hydrogen-bond acceptors (Lipinski definition) is 5. The number of amides is 1. The standard InChI is InChI=1S/C24H13Cl3F3NO5/c25-12-7-13(26)9-14(8-12)31-20(32)11-34-15-5-6-16-19(10-15)36-23(24(28,29)30)22(21(16)33)35-18-4-2-1-3-17(18)27/h1-10H,11H2,(H,31,32). The third-order valence-corrected chi connectivity index (χ3v) is 5.39. The number of alkyl halides is 3. The van der Waals surface area contributed by atoms with Gasteiger partial charge in [-0.3, -0.25) is 9.59 Å². The van der Waals surface area contributed by atoms with E-state index in [2.05, 4.69) is 5.32 Å². The number of hydrogen-bond donors (Lipinski definition) is 1. The second-order valence-corrected chi connectivity index (χ2v) is 8.55. The van der Waals surface area contributed by atoms with E-state index in [0.717, 1.165) is 6.07 Å². The summed E-state index contributed by atoms with van der Waals surface area (Å²) in [5.74, 6) is -3.46. The maximum atomic E-state index is 13.7. The van der Waals surface area contributed by atoms with Gasteiger partial charge >= 0.3 is 6.18 Å². The van der Waals surface area contributed by atoms with Crippen LogP contribution in [0.2, 0.25) is 15.1 Å². The van der Waals surface area contributed by atoms with E-state index in [1.54, 1.807) is 6.07 Å². The van der Waals surface area contributed by atoms with Crippen molar-refractivity contribution in [1.29, 1.82) is 0 Å². The number of fused-ring (bicyclic) bond motifs is 1. The first-order chi connectivity index (χ1) is 17.0. The lowest BCUT2D eigenvalue weighted by molar-refractivity contribution is -0.154. The number of para-hydroxylation sites is 1. The van der Waals surface area contributed by atoms with Gasteiger partial charge in [-0.05, 0) is 42.5 Å². The molecule has 0 saturated heterocycles. The molecule has 0 saturated carbocycles. The molecule has 4 aromatic rings. The molecule has 4 rings (SSSR count). The molecule has 0 atom stereocenters. The Morgan fingerprint density at radius 3 is 2.33 bits per heavy atom. The second kappa shape index (κ2) is 10.3. The molecular formula is C24H13Cl3F3NO5. The average molecular weight is 559 g/mol. The number of ether oxygens (including phenoxy) is 2. The van der Waals surface area contributed by atoms with Gasteiger partial charge in [-0.1, -0.05) is 46.9 Å². The highest BCUT2D eigenvalue weighted by atomic mass is 35.5. The average Bonchev–Trinajstić information content (AvgIpc) is 2.79. The van der Waals surface area contributed by atoms with Gasteiger partial charge < -0.3 is 19.2 Å². The van der Waals surface area contributed by atoms with Crippen LogP contribution in [-0.2, 0) is 11.0 Å². The van der Waals surface area contributed by atoms with E-state index in [0.29, 0.717) is 15.7 Å². The van der Waals surface area contributed by atoms with Gasteiger partial charge in [0.2, 0.25) is 11.2 Å². The fourth-order valence-corrected chi connectivity index (χ4v) is 3.84. The maximum Gasteiger partial charge on any atom is 0.453 e. The first-order valence-corrected chi connectivity index (χ1v) is 11.1. The zero-order valence-corrected chi connectivity index (χ0v) is 20.1. The van der Waals surface area contributed by atoms with Gasteiger partial charge in [0.25, 0.3) is 11.7 Å². The molecule has 0 bridgehead atoms. The van der Waals surface area contributed by atoms with Crippen molar-refractivity contribution >= 4 is 57.4 Å². The van der Waals surface area contributed by atoms with E-state index in [1.165, 1.54) is 48.5 Å². The summed E-state index contributed by atoms with van der Waals surface area (Å²) in [5, 5.41) is 2.94. The van der Waals surface area contributed by atoms with Gasteiger partial charge in [-0.25, -0.2) is 0 Å². The number of benzene rings is 3. The Hall–Kier alpha value is -3.40. The highest BCUT2D eigenvalue weighted by molar-refractivity contribution is 6.35. The number of carbonyl (C=O) groups excluding carboxylic acids is 1. The number of rotatable bonds is 6.